The topological polar surface area (TPSA) is 84.0 Å². The summed E-state index contributed by atoms with van der Waals surface area (Å²) in [5, 5.41) is 0.384. The van der Waals surface area contributed by atoms with Crippen molar-refractivity contribution in [2.24, 2.45) is 5.92 Å². The Bertz CT molecular complexity index is 775. The van der Waals surface area contributed by atoms with Gasteiger partial charge in [-0.15, -0.1) is 0 Å². The number of nitrogens with zero attached hydrogens (tertiary/aromatic N) is 2. The van der Waals surface area contributed by atoms with E-state index in [1.54, 1.807) is 30.0 Å². The number of likely N-dealkylation sites (tertiary alicyclic amines) is 1. The second kappa shape index (κ2) is 8.26. The van der Waals surface area contributed by atoms with E-state index in [1.807, 2.05) is 0 Å². The van der Waals surface area contributed by atoms with Crippen LogP contribution in [-0.2, 0) is 24.3 Å². The molecule has 0 radical (unpaired) electrons. The molecule has 2 rings (SSSR count). The van der Waals surface area contributed by atoms with E-state index < -0.39 is 16.1 Å². The van der Waals surface area contributed by atoms with Crippen LogP contribution in [0.2, 0.25) is 5.02 Å². The van der Waals surface area contributed by atoms with Crippen LogP contribution in [-0.4, -0.2) is 57.7 Å². The molecular formula is C17H23ClN2O5S. The number of methoxy groups -OCH3 is 1. The fourth-order valence-electron chi connectivity index (χ4n) is 3.18. The summed E-state index contributed by atoms with van der Waals surface area (Å²) in [5.74, 6) is -0.807. The minimum Gasteiger partial charge on any atom is -0.469 e. The molecular weight excluding hydrogens is 380 g/mol. The van der Waals surface area contributed by atoms with Crippen molar-refractivity contribution >= 4 is 39.2 Å². The van der Waals surface area contributed by atoms with Gasteiger partial charge < -0.3 is 9.64 Å². The third-order valence-electron chi connectivity index (χ3n) is 4.47. The van der Waals surface area contributed by atoms with E-state index in [9.17, 15) is 18.0 Å². The first-order valence-corrected chi connectivity index (χ1v) is 10.5. The van der Waals surface area contributed by atoms with Gasteiger partial charge in [0.15, 0.2) is 0 Å². The molecule has 1 amide bonds. The molecule has 0 N–H and O–H groups in total. The van der Waals surface area contributed by atoms with Crippen LogP contribution < -0.4 is 4.31 Å². The zero-order valence-corrected chi connectivity index (χ0v) is 16.6. The lowest BCUT2D eigenvalue weighted by Gasteiger charge is -2.36. The molecule has 1 aliphatic heterocycles. The third-order valence-corrected chi connectivity index (χ3v) is 5.95. The fourth-order valence-corrected chi connectivity index (χ4v) is 4.53. The Morgan fingerprint density at radius 3 is 2.42 bits per heavy atom. The first kappa shape index (κ1) is 20.5. The van der Waals surface area contributed by atoms with E-state index in [4.69, 9.17) is 16.3 Å². The van der Waals surface area contributed by atoms with Crippen molar-refractivity contribution in [3.63, 3.8) is 0 Å². The number of hydrogen-bond donors (Lipinski definition) is 0. The summed E-state index contributed by atoms with van der Waals surface area (Å²) in [7, 11) is -2.35. The first-order chi connectivity index (χ1) is 12.1. The Morgan fingerprint density at radius 1 is 1.31 bits per heavy atom. The van der Waals surface area contributed by atoms with Gasteiger partial charge in [-0.05, 0) is 38.0 Å². The summed E-state index contributed by atoms with van der Waals surface area (Å²) >= 11 is 5.97. The zero-order chi connectivity index (χ0) is 19.5. The molecule has 1 saturated heterocycles. The molecule has 1 fully saturated rings. The predicted octanol–water partition coefficient (Wildman–Crippen LogP) is 1.91. The molecule has 26 heavy (non-hydrogen) atoms. The fraction of sp³-hybridized carbons (Fsp3) is 0.529. The van der Waals surface area contributed by atoms with Crippen molar-refractivity contribution in [1.29, 1.82) is 0 Å². The molecule has 0 aromatic heterocycles. The molecule has 1 atom stereocenters. The van der Waals surface area contributed by atoms with Crippen LogP contribution in [0.25, 0.3) is 0 Å². The summed E-state index contributed by atoms with van der Waals surface area (Å²) < 4.78 is 30.4. The summed E-state index contributed by atoms with van der Waals surface area (Å²) in [4.78, 5) is 26.1. The second-order valence-corrected chi connectivity index (χ2v) is 8.63. The monoisotopic (exact) mass is 402 g/mol. The Morgan fingerprint density at radius 2 is 1.92 bits per heavy atom. The van der Waals surface area contributed by atoms with E-state index >= 15 is 0 Å². The largest absolute Gasteiger partial charge is 0.469 e. The van der Waals surface area contributed by atoms with Gasteiger partial charge in [0.05, 0.1) is 25.0 Å². The highest BCUT2D eigenvalue weighted by Gasteiger charge is 2.35. The van der Waals surface area contributed by atoms with Gasteiger partial charge in [-0.2, -0.15) is 0 Å². The highest BCUT2D eigenvalue weighted by atomic mass is 35.5. The normalized spacial score (nSPS) is 16.8. The minimum absolute atomic E-state index is 0.224. The van der Waals surface area contributed by atoms with Gasteiger partial charge in [-0.25, -0.2) is 8.42 Å². The Labute approximate surface area is 158 Å². The highest BCUT2D eigenvalue weighted by Crippen LogP contribution is 2.26. The number of amides is 1. The number of sulfonamides is 1. The molecule has 144 valence electrons. The van der Waals surface area contributed by atoms with E-state index in [-0.39, 0.29) is 17.8 Å². The standard InChI is InChI=1S/C17H23ClN2O5S/c1-12(16(21)19-9-7-13(8-10-19)17(22)25-2)20(26(3,23)24)15-6-4-5-14(18)11-15/h4-6,11-13H,7-10H2,1-3H3/t12-/m1/s1. The van der Waals surface area contributed by atoms with Crippen molar-refractivity contribution in [1.82, 2.24) is 4.90 Å². The number of carbonyl (C=O) groups is 2. The maximum Gasteiger partial charge on any atom is 0.308 e. The number of anilines is 1. The first-order valence-electron chi connectivity index (χ1n) is 8.26. The van der Waals surface area contributed by atoms with Gasteiger partial charge in [0.25, 0.3) is 0 Å². The molecule has 0 saturated carbocycles. The van der Waals surface area contributed by atoms with Crippen LogP contribution >= 0.6 is 11.6 Å². The van der Waals surface area contributed by atoms with Crippen LogP contribution in [0.1, 0.15) is 19.8 Å². The van der Waals surface area contributed by atoms with Gasteiger partial charge in [0, 0.05) is 18.1 Å². The lowest BCUT2D eigenvalue weighted by Crippen LogP contribution is -2.51. The Hall–Kier alpha value is -1.80. The summed E-state index contributed by atoms with van der Waals surface area (Å²) in [5.41, 5.74) is 0.338. The molecule has 7 nitrogen and oxygen atoms in total. The maximum absolute atomic E-state index is 12.9. The number of hydrogen-bond acceptors (Lipinski definition) is 5. The van der Waals surface area contributed by atoms with Gasteiger partial charge >= 0.3 is 5.97 Å². The lowest BCUT2D eigenvalue weighted by atomic mass is 9.96. The number of ether oxygens (including phenoxy) is 1. The van der Waals surface area contributed by atoms with Crippen molar-refractivity contribution in [2.75, 3.05) is 30.8 Å². The molecule has 1 aliphatic rings. The van der Waals surface area contributed by atoms with Gasteiger partial charge in [0.2, 0.25) is 15.9 Å². The number of carbonyl (C=O) groups excluding carboxylic acids is 2. The summed E-state index contributed by atoms with van der Waals surface area (Å²) in [6.07, 6.45) is 2.06. The molecule has 0 spiro atoms. The highest BCUT2D eigenvalue weighted by molar-refractivity contribution is 7.92. The Balaban J connectivity index is 2.18. The van der Waals surface area contributed by atoms with Crippen LogP contribution in [0.3, 0.4) is 0 Å². The second-order valence-electron chi connectivity index (χ2n) is 6.34. The molecule has 0 bridgehead atoms. The van der Waals surface area contributed by atoms with E-state index in [0.717, 1.165) is 10.6 Å². The number of benzene rings is 1. The quantitative estimate of drug-likeness (QED) is 0.702. The predicted molar refractivity (Wildman–Crippen MR) is 99.6 cm³/mol. The average molecular weight is 403 g/mol. The van der Waals surface area contributed by atoms with E-state index in [0.29, 0.717) is 36.6 Å². The molecule has 0 aliphatic carbocycles. The van der Waals surface area contributed by atoms with Gasteiger partial charge in [0.1, 0.15) is 6.04 Å². The summed E-state index contributed by atoms with van der Waals surface area (Å²) in [6, 6.07) is 5.46. The van der Waals surface area contributed by atoms with Crippen LogP contribution in [0.15, 0.2) is 24.3 Å². The molecule has 9 heteroatoms. The number of halogens is 1. The van der Waals surface area contributed by atoms with Crippen molar-refractivity contribution in [3.8, 4) is 0 Å². The number of rotatable bonds is 5. The van der Waals surface area contributed by atoms with Crippen LogP contribution in [0, 0.1) is 5.92 Å². The Kier molecular flexibility index (Phi) is 6.52. The average Bonchev–Trinajstić information content (AvgIpc) is 2.59. The van der Waals surface area contributed by atoms with Gasteiger partial charge in [-0.1, -0.05) is 17.7 Å². The maximum atomic E-state index is 12.9. The summed E-state index contributed by atoms with van der Waals surface area (Å²) in [6.45, 7) is 2.32. The molecule has 1 aromatic rings. The third kappa shape index (κ3) is 4.67. The smallest absolute Gasteiger partial charge is 0.308 e. The van der Waals surface area contributed by atoms with E-state index in [2.05, 4.69) is 0 Å². The minimum atomic E-state index is -3.69. The molecule has 1 aromatic carbocycles. The van der Waals surface area contributed by atoms with Crippen molar-refractivity contribution < 1.29 is 22.7 Å². The molecule has 0 unspecified atom stereocenters. The molecule has 1 heterocycles. The van der Waals surface area contributed by atoms with Crippen LogP contribution in [0.5, 0.6) is 0 Å². The number of esters is 1. The number of piperidine rings is 1. The van der Waals surface area contributed by atoms with E-state index in [1.165, 1.54) is 13.2 Å². The lowest BCUT2D eigenvalue weighted by molar-refractivity contribution is -0.149. The van der Waals surface area contributed by atoms with Crippen molar-refractivity contribution in [2.45, 2.75) is 25.8 Å². The van der Waals surface area contributed by atoms with Gasteiger partial charge in [-0.3, -0.25) is 13.9 Å². The van der Waals surface area contributed by atoms with Crippen molar-refractivity contribution in [3.05, 3.63) is 29.3 Å². The zero-order valence-electron chi connectivity index (χ0n) is 15.0. The van der Waals surface area contributed by atoms with Crippen LogP contribution in [0.4, 0.5) is 5.69 Å². The SMILES string of the molecule is COC(=O)C1CCN(C(=O)[C@@H](C)N(c2cccc(Cl)c2)S(C)(=O)=O)CC1.